The molecule has 0 saturated heterocycles. The van der Waals surface area contributed by atoms with Gasteiger partial charge in [-0.05, 0) is 74.3 Å². The Labute approximate surface area is 174 Å². The second kappa shape index (κ2) is 8.68. The number of aromatic nitrogens is 2. The third-order valence-corrected chi connectivity index (χ3v) is 6.11. The van der Waals surface area contributed by atoms with Gasteiger partial charge in [0.05, 0.1) is 11.9 Å². The van der Waals surface area contributed by atoms with E-state index in [2.05, 4.69) is 21.5 Å². The van der Waals surface area contributed by atoms with E-state index in [9.17, 15) is 4.39 Å². The largest absolute Gasteiger partial charge is 0.305 e. The third kappa shape index (κ3) is 4.77. The van der Waals surface area contributed by atoms with Crippen molar-refractivity contribution in [1.82, 2.24) is 14.5 Å². The van der Waals surface area contributed by atoms with E-state index in [-0.39, 0.29) is 5.82 Å². The molecular formula is C22H23ClFN3S. The van der Waals surface area contributed by atoms with Crippen LogP contribution in [0.15, 0.2) is 59.9 Å². The van der Waals surface area contributed by atoms with Crippen molar-refractivity contribution in [3.8, 4) is 16.9 Å². The van der Waals surface area contributed by atoms with Crippen molar-refractivity contribution in [3.63, 3.8) is 0 Å². The normalized spacial score (nSPS) is 14.0. The Bertz CT molecular complexity index is 920. The van der Waals surface area contributed by atoms with Crippen LogP contribution in [0.25, 0.3) is 16.9 Å². The van der Waals surface area contributed by atoms with Crippen molar-refractivity contribution >= 4 is 23.4 Å². The molecule has 0 bridgehead atoms. The molecule has 0 aliphatic heterocycles. The number of hydrogen-bond acceptors (Lipinski definition) is 3. The molecule has 3 aromatic rings. The lowest BCUT2D eigenvalue weighted by molar-refractivity contribution is 0.340. The van der Waals surface area contributed by atoms with Crippen molar-refractivity contribution in [2.75, 3.05) is 25.9 Å². The predicted molar refractivity (Wildman–Crippen MR) is 115 cm³/mol. The van der Waals surface area contributed by atoms with Crippen LogP contribution in [0.1, 0.15) is 12.8 Å². The van der Waals surface area contributed by atoms with Crippen LogP contribution in [0.3, 0.4) is 0 Å². The van der Waals surface area contributed by atoms with Gasteiger partial charge in [-0.15, -0.1) is 0 Å². The standard InChI is InChI=1S/C22H23ClFN3S/c1-26(15-16-2-3-16)12-13-28-22-25-14-21(17-4-8-19(24)9-5-17)27(22)20-10-6-18(23)7-11-20/h4-11,14,16H,2-3,12-13,15H2,1H3. The quantitative estimate of drug-likeness (QED) is 0.436. The molecule has 0 unspecified atom stereocenters. The van der Waals surface area contributed by atoms with Crippen LogP contribution >= 0.6 is 23.4 Å². The molecule has 1 aromatic heterocycles. The number of imidazole rings is 1. The summed E-state index contributed by atoms with van der Waals surface area (Å²) in [5.74, 6) is 1.63. The van der Waals surface area contributed by atoms with E-state index in [1.807, 2.05) is 30.5 Å². The maximum absolute atomic E-state index is 13.4. The van der Waals surface area contributed by atoms with Crippen molar-refractivity contribution < 1.29 is 4.39 Å². The van der Waals surface area contributed by atoms with E-state index in [4.69, 9.17) is 11.6 Å². The predicted octanol–water partition coefficient (Wildman–Crippen LogP) is 5.77. The number of thioether (sulfide) groups is 1. The lowest BCUT2D eigenvalue weighted by Gasteiger charge is -2.16. The molecule has 0 radical (unpaired) electrons. The second-order valence-corrected chi connectivity index (χ2v) is 8.80. The Kier molecular flexibility index (Phi) is 6.04. The average molecular weight is 416 g/mol. The molecule has 2 aromatic carbocycles. The fraction of sp³-hybridized carbons (Fsp3) is 0.318. The second-order valence-electron chi connectivity index (χ2n) is 7.30. The highest BCUT2D eigenvalue weighted by Crippen LogP contribution is 2.31. The van der Waals surface area contributed by atoms with E-state index in [0.717, 1.165) is 40.3 Å². The molecule has 6 heteroatoms. The zero-order valence-corrected chi connectivity index (χ0v) is 17.4. The van der Waals surface area contributed by atoms with E-state index in [1.165, 1.54) is 31.5 Å². The monoisotopic (exact) mass is 415 g/mol. The van der Waals surface area contributed by atoms with Gasteiger partial charge >= 0.3 is 0 Å². The first-order valence-corrected chi connectivity index (χ1v) is 10.9. The zero-order valence-electron chi connectivity index (χ0n) is 15.8. The highest BCUT2D eigenvalue weighted by Gasteiger charge is 2.22. The van der Waals surface area contributed by atoms with Crippen LogP contribution < -0.4 is 0 Å². The van der Waals surface area contributed by atoms with E-state index < -0.39 is 0 Å². The van der Waals surface area contributed by atoms with Gasteiger partial charge in [0.2, 0.25) is 0 Å². The summed E-state index contributed by atoms with van der Waals surface area (Å²) < 4.78 is 15.5. The first-order valence-electron chi connectivity index (χ1n) is 9.51. The number of halogens is 2. The van der Waals surface area contributed by atoms with Gasteiger partial charge in [0.15, 0.2) is 5.16 Å². The van der Waals surface area contributed by atoms with Crippen LogP contribution in [0, 0.1) is 11.7 Å². The molecule has 4 rings (SSSR count). The molecule has 1 aliphatic rings. The number of benzene rings is 2. The molecule has 3 nitrogen and oxygen atoms in total. The molecule has 28 heavy (non-hydrogen) atoms. The van der Waals surface area contributed by atoms with Gasteiger partial charge in [0, 0.05) is 35.1 Å². The fourth-order valence-electron chi connectivity index (χ4n) is 3.23. The smallest absolute Gasteiger partial charge is 0.173 e. The molecule has 1 aliphatic carbocycles. The maximum atomic E-state index is 13.4. The molecule has 0 N–H and O–H groups in total. The molecular weight excluding hydrogens is 393 g/mol. The van der Waals surface area contributed by atoms with Crippen molar-refractivity contribution in [2.24, 2.45) is 5.92 Å². The Hall–Kier alpha value is -1.82. The summed E-state index contributed by atoms with van der Waals surface area (Å²) in [6.45, 7) is 2.22. The number of rotatable bonds is 8. The SMILES string of the molecule is CN(CCSc1ncc(-c2ccc(F)cc2)n1-c1ccc(Cl)cc1)CC1CC1. The minimum Gasteiger partial charge on any atom is -0.305 e. The molecule has 0 spiro atoms. The molecule has 0 amide bonds. The Morgan fingerprint density at radius 2 is 1.86 bits per heavy atom. The topological polar surface area (TPSA) is 21.1 Å². The molecule has 146 valence electrons. The van der Waals surface area contributed by atoms with Gasteiger partial charge in [-0.3, -0.25) is 4.57 Å². The summed E-state index contributed by atoms with van der Waals surface area (Å²) in [7, 11) is 2.19. The summed E-state index contributed by atoms with van der Waals surface area (Å²) in [5.41, 5.74) is 2.87. The van der Waals surface area contributed by atoms with Crippen molar-refractivity contribution in [1.29, 1.82) is 0 Å². The molecule has 0 atom stereocenters. The molecule has 1 fully saturated rings. The summed E-state index contributed by atoms with van der Waals surface area (Å²) in [4.78, 5) is 7.07. The van der Waals surface area contributed by atoms with Gasteiger partial charge < -0.3 is 4.90 Å². The lowest BCUT2D eigenvalue weighted by atomic mass is 10.1. The first-order chi connectivity index (χ1) is 13.6. The molecule has 1 heterocycles. The van der Waals surface area contributed by atoms with Gasteiger partial charge in [0.1, 0.15) is 5.82 Å². The van der Waals surface area contributed by atoms with Gasteiger partial charge in [-0.1, -0.05) is 23.4 Å². The highest BCUT2D eigenvalue weighted by atomic mass is 35.5. The maximum Gasteiger partial charge on any atom is 0.173 e. The number of nitrogens with zero attached hydrogens (tertiary/aromatic N) is 3. The van der Waals surface area contributed by atoms with Crippen molar-refractivity contribution in [3.05, 3.63) is 65.6 Å². The summed E-state index contributed by atoms with van der Waals surface area (Å²) in [6.07, 6.45) is 4.61. The van der Waals surface area contributed by atoms with Gasteiger partial charge in [-0.25, -0.2) is 9.37 Å². The summed E-state index contributed by atoms with van der Waals surface area (Å²) in [5, 5.41) is 1.63. The van der Waals surface area contributed by atoms with Crippen LogP contribution in [-0.4, -0.2) is 40.3 Å². The number of hydrogen-bond donors (Lipinski definition) is 0. The van der Waals surface area contributed by atoms with Crippen LogP contribution in [0.2, 0.25) is 5.02 Å². The Morgan fingerprint density at radius 1 is 1.14 bits per heavy atom. The van der Waals surface area contributed by atoms with Crippen molar-refractivity contribution in [2.45, 2.75) is 18.0 Å². The summed E-state index contributed by atoms with van der Waals surface area (Å²) >= 11 is 7.82. The fourth-order valence-corrected chi connectivity index (χ4v) is 4.40. The van der Waals surface area contributed by atoms with Crippen LogP contribution in [0.4, 0.5) is 4.39 Å². The third-order valence-electron chi connectivity index (χ3n) is 4.93. The average Bonchev–Trinajstić information content (AvgIpc) is 3.40. The van der Waals surface area contributed by atoms with Crippen LogP contribution in [-0.2, 0) is 0 Å². The Balaban J connectivity index is 1.58. The molecule has 1 saturated carbocycles. The lowest BCUT2D eigenvalue weighted by Crippen LogP contribution is -2.23. The van der Waals surface area contributed by atoms with E-state index >= 15 is 0 Å². The van der Waals surface area contributed by atoms with E-state index in [0.29, 0.717) is 5.02 Å². The van der Waals surface area contributed by atoms with Gasteiger partial charge in [-0.2, -0.15) is 0 Å². The first kappa shape index (κ1) is 19.5. The summed E-state index contributed by atoms with van der Waals surface area (Å²) in [6, 6.07) is 14.3. The minimum absolute atomic E-state index is 0.241. The van der Waals surface area contributed by atoms with Crippen LogP contribution in [0.5, 0.6) is 0 Å². The van der Waals surface area contributed by atoms with Gasteiger partial charge in [0.25, 0.3) is 0 Å². The zero-order chi connectivity index (χ0) is 19.5. The highest BCUT2D eigenvalue weighted by molar-refractivity contribution is 7.99. The minimum atomic E-state index is -0.241. The Morgan fingerprint density at radius 3 is 2.54 bits per heavy atom. The van der Waals surface area contributed by atoms with E-state index in [1.54, 1.807) is 23.9 Å².